The summed E-state index contributed by atoms with van der Waals surface area (Å²) in [5.74, 6) is 0. The predicted molar refractivity (Wildman–Crippen MR) is 145 cm³/mol. The monoisotopic (exact) mass is 465 g/mol. The molecule has 2 heterocycles. The van der Waals surface area contributed by atoms with E-state index in [2.05, 4.69) is 99.1 Å². The van der Waals surface area contributed by atoms with Crippen LogP contribution in [0.2, 0.25) is 0 Å². The molecule has 4 aromatic carbocycles. The molecule has 2 aromatic heterocycles. The fourth-order valence-corrected chi connectivity index (χ4v) is 4.25. The molecule has 0 unspecified atom stereocenters. The maximum atomic E-state index is 4.45. The Morgan fingerprint density at radius 3 is 1.86 bits per heavy atom. The van der Waals surface area contributed by atoms with Crippen LogP contribution in [0.15, 0.2) is 140 Å². The largest absolute Gasteiger partial charge is 0.311 e. The Morgan fingerprint density at radius 2 is 1.19 bits per heavy atom. The molecule has 0 spiro atoms. The predicted octanol–water partition coefficient (Wildman–Crippen LogP) is 7.47. The molecule has 5 heteroatoms. The number of anilines is 3. The first kappa shape index (κ1) is 21.5. The van der Waals surface area contributed by atoms with Crippen LogP contribution in [0.4, 0.5) is 17.1 Å². The van der Waals surface area contributed by atoms with Gasteiger partial charge in [0, 0.05) is 34.4 Å². The van der Waals surface area contributed by atoms with Gasteiger partial charge >= 0.3 is 0 Å². The number of nitrogens with zero attached hydrogens (tertiary/aromatic N) is 5. The van der Waals surface area contributed by atoms with Crippen LogP contribution in [0.1, 0.15) is 0 Å². The minimum atomic E-state index is 0.816. The number of pyridine rings is 1. The van der Waals surface area contributed by atoms with Gasteiger partial charge in [0.15, 0.2) is 0 Å². The topological polar surface area (TPSA) is 46.8 Å². The van der Waals surface area contributed by atoms with Crippen LogP contribution in [-0.4, -0.2) is 20.0 Å². The fourth-order valence-electron chi connectivity index (χ4n) is 4.25. The van der Waals surface area contributed by atoms with Crippen LogP contribution in [0.25, 0.3) is 28.2 Å². The molecule has 5 nitrogen and oxygen atoms in total. The zero-order valence-corrected chi connectivity index (χ0v) is 19.5. The Hall–Kier alpha value is -5.03. The molecule has 0 saturated heterocycles. The van der Waals surface area contributed by atoms with Crippen molar-refractivity contribution in [3.8, 4) is 28.2 Å². The van der Waals surface area contributed by atoms with Crippen LogP contribution in [0.3, 0.4) is 0 Å². The first-order valence-electron chi connectivity index (χ1n) is 11.8. The van der Waals surface area contributed by atoms with Gasteiger partial charge in [-0.15, -0.1) is 5.10 Å². The highest BCUT2D eigenvalue weighted by Crippen LogP contribution is 2.35. The zero-order chi connectivity index (χ0) is 24.2. The van der Waals surface area contributed by atoms with Crippen molar-refractivity contribution in [1.29, 1.82) is 0 Å². The summed E-state index contributed by atoms with van der Waals surface area (Å²) in [5, 5.41) is 8.83. The van der Waals surface area contributed by atoms with E-state index in [1.165, 1.54) is 0 Å². The third-order valence-corrected chi connectivity index (χ3v) is 6.01. The van der Waals surface area contributed by atoms with Crippen molar-refractivity contribution in [3.63, 3.8) is 0 Å². The normalized spacial score (nSPS) is 10.8. The number of aromatic nitrogens is 4. The third-order valence-electron chi connectivity index (χ3n) is 6.01. The lowest BCUT2D eigenvalue weighted by atomic mass is 10.1. The van der Waals surface area contributed by atoms with Crippen molar-refractivity contribution in [2.24, 2.45) is 0 Å². The van der Waals surface area contributed by atoms with Crippen molar-refractivity contribution in [2.45, 2.75) is 0 Å². The molecule has 0 aliphatic heterocycles. The summed E-state index contributed by atoms with van der Waals surface area (Å²) >= 11 is 0. The Bertz CT molecular complexity index is 1520. The van der Waals surface area contributed by atoms with E-state index in [9.17, 15) is 0 Å². The summed E-state index contributed by atoms with van der Waals surface area (Å²) in [6, 6.07) is 43.2. The maximum absolute atomic E-state index is 4.45. The van der Waals surface area contributed by atoms with E-state index in [4.69, 9.17) is 0 Å². The van der Waals surface area contributed by atoms with Crippen LogP contribution in [0.5, 0.6) is 0 Å². The minimum Gasteiger partial charge on any atom is -0.311 e. The van der Waals surface area contributed by atoms with E-state index < -0.39 is 0 Å². The Balaban J connectivity index is 1.30. The Morgan fingerprint density at radius 1 is 0.528 bits per heavy atom. The number of benzene rings is 4. The SMILES string of the molecule is c1ccc(N(c2ccccc2)c2ccc(-c3cn(-c4cccc(-c5ccccn5)c4)nn3)cc2)cc1. The lowest BCUT2D eigenvalue weighted by Crippen LogP contribution is -2.09. The molecular formula is C31H23N5. The summed E-state index contributed by atoms with van der Waals surface area (Å²) < 4.78 is 1.80. The van der Waals surface area contributed by atoms with E-state index in [1.54, 1.807) is 10.9 Å². The molecule has 0 saturated carbocycles. The average molecular weight is 466 g/mol. The average Bonchev–Trinajstić information content (AvgIpc) is 3.46. The van der Waals surface area contributed by atoms with Crippen molar-refractivity contribution in [3.05, 3.63) is 140 Å². The van der Waals surface area contributed by atoms with Gasteiger partial charge in [-0.25, -0.2) is 4.68 Å². The second-order valence-corrected chi connectivity index (χ2v) is 8.37. The molecule has 0 aliphatic carbocycles. The van der Waals surface area contributed by atoms with Gasteiger partial charge in [-0.3, -0.25) is 4.98 Å². The maximum Gasteiger partial charge on any atom is 0.113 e. The summed E-state index contributed by atoms with van der Waals surface area (Å²) in [6.45, 7) is 0. The highest BCUT2D eigenvalue weighted by atomic mass is 15.4. The number of rotatable bonds is 6. The van der Waals surface area contributed by atoms with E-state index in [1.807, 2.05) is 54.7 Å². The molecule has 6 rings (SSSR count). The second-order valence-electron chi connectivity index (χ2n) is 8.37. The molecule has 36 heavy (non-hydrogen) atoms. The first-order valence-corrected chi connectivity index (χ1v) is 11.8. The highest BCUT2D eigenvalue weighted by molar-refractivity contribution is 5.77. The van der Waals surface area contributed by atoms with Crippen LogP contribution in [-0.2, 0) is 0 Å². The number of hydrogen-bond donors (Lipinski definition) is 0. The second kappa shape index (κ2) is 9.68. The van der Waals surface area contributed by atoms with E-state index in [-0.39, 0.29) is 0 Å². The Labute approximate surface area is 209 Å². The van der Waals surface area contributed by atoms with Crippen molar-refractivity contribution in [2.75, 3.05) is 4.90 Å². The fraction of sp³-hybridized carbons (Fsp3) is 0. The first-order chi connectivity index (χ1) is 17.8. The smallest absolute Gasteiger partial charge is 0.113 e. The van der Waals surface area contributed by atoms with Gasteiger partial charge in [0.25, 0.3) is 0 Å². The highest BCUT2D eigenvalue weighted by Gasteiger charge is 2.13. The minimum absolute atomic E-state index is 0.816. The van der Waals surface area contributed by atoms with Gasteiger partial charge in [-0.1, -0.05) is 71.9 Å². The lowest BCUT2D eigenvalue weighted by molar-refractivity contribution is 0.804. The number of hydrogen-bond acceptors (Lipinski definition) is 4. The van der Waals surface area contributed by atoms with E-state index in [0.29, 0.717) is 0 Å². The van der Waals surface area contributed by atoms with Gasteiger partial charge in [0.05, 0.1) is 17.6 Å². The molecule has 0 N–H and O–H groups in total. The molecule has 0 aliphatic rings. The number of para-hydroxylation sites is 2. The molecule has 172 valence electrons. The standard InChI is InChI=1S/C31H23N5/c1-3-11-26(12-4-1)36(27-13-5-2-6-14-27)28-19-17-24(18-20-28)31-23-35(34-33-31)29-15-9-10-25(22-29)30-16-7-8-21-32-30/h1-23H. The zero-order valence-electron chi connectivity index (χ0n) is 19.5. The van der Waals surface area contributed by atoms with Gasteiger partial charge in [-0.2, -0.15) is 0 Å². The molecule has 6 aromatic rings. The summed E-state index contributed by atoms with van der Waals surface area (Å²) in [5.41, 5.74) is 8.01. The van der Waals surface area contributed by atoms with Crippen molar-refractivity contribution >= 4 is 17.1 Å². The molecule has 0 amide bonds. The van der Waals surface area contributed by atoms with Gasteiger partial charge in [0.1, 0.15) is 5.69 Å². The van der Waals surface area contributed by atoms with E-state index in [0.717, 1.165) is 45.3 Å². The quantitative estimate of drug-likeness (QED) is 0.256. The Kier molecular flexibility index (Phi) is 5.78. The molecule has 0 atom stereocenters. The molecule has 0 fully saturated rings. The van der Waals surface area contributed by atoms with E-state index >= 15 is 0 Å². The summed E-state index contributed by atoms with van der Waals surface area (Å²) in [6.07, 6.45) is 3.76. The van der Waals surface area contributed by atoms with Crippen LogP contribution >= 0.6 is 0 Å². The van der Waals surface area contributed by atoms with Gasteiger partial charge in [0.2, 0.25) is 0 Å². The van der Waals surface area contributed by atoms with Gasteiger partial charge < -0.3 is 4.90 Å². The van der Waals surface area contributed by atoms with Crippen molar-refractivity contribution in [1.82, 2.24) is 20.0 Å². The molecular weight excluding hydrogens is 442 g/mol. The summed E-state index contributed by atoms with van der Waals surface area (Å²) in [4.78, 5) is 6.69. The molecule has 0 bridgehead atoms. The van der Waals surface area contributed by atoms with Crippen LogP contribution in [0, 0.1) is 0 Å². The third kappa shape index (κ3) is 4.38. The van der Waals surface area contributed by atoms with Gasteiger partial charge in [-0.05, 0) is 60.7 Å². The van der Waals surface area contributed by atoms with Crippen molar-refractivity contribution < 1.29 is 0 Å². The van der Waals surface area contributed by atoms with Crippen LogP contribution < -0.4 is 4.90 Å². The summed E-state index contributed by atoms with van der Waals surface area (Å²) in [7, 11) is 0. The molecule has 0 radical (unpaired) electrons. The lowest BCUT2D eigenvalue weighted by Gasteiger charge is -2.25.